The molecular weight excluding hydrogens is 236 g/mol. The zero-order chi connectivity index (χ0) is 13.7. The minimum Gasteiger partial charge on any atom is -0.353 e. The number of likely N-dealkylation sites (N-methyl/N-ethyl adjacent to an activating group) is 1. The largest absolute Gasteiger partial charge is 0.353 e. The van der Waals surface area contributed by atoms with Gasteiger partial charge in [-0.15, -0.1) is 0 Å². The van der Waals surface area contributed by atoms with Crippen molar-refractivity contribution >= 4 is 5.82 Å². The smallest absolute Gasteiger partial charge is 0.129 e. The van der Waals surface area contributed by atoms with Crippen molar-refractivity contribution in [1.82, 2.24) is 15.2 Å². The summed E-state index contributed by atoms with van der Waals surface area (Å²) in [6.07, 6.45) is 3.14. The lowest BCUT2D eigenvalue weighted by Gasteiger charge is -2.29. The molecule has 4 heteroatoms. The molecule has 0 aliphatic carbocycles. The zero-order valence-electron chi connectivity index (χ0n) is 12.4. The van der Waals surface area contributed by atoms with Gasteiger partial charge in [0.1, 0.15) is 5.82 Å². The van der Waals surface area contributed by atoms with Crippen LogP contribution in [0.15, 0.2) is 18.3 Å². The SMILES string of the molecule is CCNCc1ccnc(N2CCCN(C)CC2C)c1. The summed E-state index contributed by atoms with van der Waals surface area (Å²) in [6, 6.07) is 4.85. The van der Waals surface area contributed by atoms with Gasteiger partial charge in [0.05, 0.1) is 0 Å². The van der Waals surface area contributed by atoms with Gasteiger partial charge in [-0.3, -0.25) is 0 Å². The van der Waals surface area contributed by atoms with Crippen molar-refractivity contribution in [3.05, 3.63) is 23.9 Å². The highest BCUT2D eigenvalue weighted by Gasteiger charge is 2.20. The molecule has 1 N–H and O–H groups in total. The molecule has 0 spiro atoms. The summed E-state index contributed by atoms with van der Waals surface area (Å²) in [5, 5.41) is 3.37. The molecule has 2 rings (SSSR count). The lowest BCUT2D eigenvalue weighted by Crippen LogP contribution is -2.38. The fraction of sp³-hybridized carbons (Fsp3) is 0.667. The average Bonchev–Trinajstić information content (AvgIpc) is 2.57. The van der Waals surface area contributed by atoms with Gasteiger partial charge in [-0.2, -0.15) is 0 Å². The van der Waals surface area contributed by atoms with Crippen molar-refractivity contribution in [1.29, 1.82) is 0 Å². The van der Waals surface area contributed by atoms with Gasteiger partial charge >= 0.3 is 0 Å². The van der Waals surface area contributed by atoms with Crippen LogP contribution in [0.1, 0.15) is 25.8 Å². The molecule has 1 aliphatic rings. The first kappa shape index (κ1) is 14.3. The predicted octanol–water partition coefficient (Wildman–Crippen LogP) is 1.72. The monoisotopic (exact) mass is 262 g/mol. The number of anilines is 1. The summed E-state index contributed by atoms with van der Waals surface area (Å²) in [4.78, 5) is 9.42. The van der Waals surface area contributed by atoms with Gasteiger partial charge in [0.15, 0.2) is 0 Å². The van der Waals surface area contributed by atoms with Crippen LogP contribution in [0.5, 0.6) is 0 Å². The molecule has 0 amide bonds. The van der Waals surface area contributed by atoms with Gasteiger partial charge in [-0.25, -0.2) is 4.98 Å². The first-order valence-electron chi connectivity index (χ1n) is 7.31. The van der Waals surface area contributed by atoms with E-state index >= 15 is 0 Å². The third kappa shape index (κ3) is 3.91. The fourth-order valence-electron chi connectivity index (χ4n) is 2.71. The Morgan fingerprint density at radius 1 is 1.42 bits per heavy atom. The Morgan fingerprint density at radius 3 is 3.05 bits per heavy atom. The summed E-state index contributed by atoms with van der Waals surface area (Å²) in [5.74, 6) is 1.12. The third-order valence-corrected chi connectivity index (χ3v) is 3.73. The molecule has 1 aromatic rings. The minimum absolute atomic E-state index is 0.523. The minimum atomic E-state index is 0.523. The predicted molar refractivity (Wildman–Crippen MR) is 80.5 cm³/mol. The van der Waals surface area contributed by atoms with Gasteiger partial charge in [0.25, 0.3) is 0 Å². The molecular formula is C15H26N4. The van der Waals surface area contributed by atoms with E-state index in [0.717, 1.165) is 32.0 Å². The lowest BCUT2D eigenvalue weighted by atomic mass is 10.2. The highest BCUT2D eigenvalue weighted by atomic mass is 15.3. The van der Waals surface area contributed by atoms with Crippen LogP contribution in [0.2, 0.25) is 0 Å². The van der Waals surface area contributed by atoms with E-state index < -0.39 is 0 Å². The molecule has 1 atom stereocenters. The van der Waals surface area contributed by atoms with E-state index in [1.165, 1.54) is 18.5 Å². The van der Waals surface area contributed by atoms with Crippen LogP contribution in [-0.2, 0) is 6.54 Å². The van der Waals surface area contributed by atoms with Gasteiger partial charge in [0.2, 0.25) is 0 Å². The first-order chi connectivity index (χ1) is 9.20. The van der Waals surface area contributed by atoms with E-state index in [2.05, 4.69) is 53.1 Å². The summed E-state index contributed by atoms with van der Waals surface area (Å²) < 4.78 is 0. The van der Waals surface area contributed by atoms with E-state index in [0.29, 0.717) is 6.04 Å². The van der Waals surface area contributed by atoms with Gasteiger partial charge in [-0.1, -0.05) is 6.92 Å². The molecule has 1 aromatic heterocycles. The summed E-state index contributed by atoms with van der Waals surface area (Å²) in [5.41, 5.74) is 1.32. The fourth-order valence-corrected chi connectivity index (χ4v) is 2.71. The number of pyridine rings is 1. The van der Waals surface area contributed by atoms with Gasteiger partial charge < -0.3 is 15.1 Å². The van der Waals surface area contributed by atoms with E-state index in [1.807, 2.05) is 6.20 Å². The number of rotatable bonds is 4. The van der Waals surface area contributed by atoms with Crippen molar-refractivity contribution in [2.45, 2.75) is 32.9 Å². The molecule has 106 valence electrons. The van der Waals surface area contributed by atoms with Crippen molar-refractivity contribution in [3.63, 3.8) is 0 Å². The molecule has 1 unspecified atom stereocenters. The molecule has 0 saturated carbocycles. The second-order valence-electron chi connectivity index (χ2n) is 5.46. The molecule has 0 aromatic carbocycles. The molecule has 1 fully saturated rings. The van der Waals surface area contributed by atoms with Crippen molar-refractivity contribution < 1.29 is 0 Å². The number of hydrogen-bond acceptors (Lipinski definition) is 4. The van der Waals surface area contributed by atoms with Crippen LogP contribution in [0.3, 0.4) is 0 Å². The Morgan fingerprint density at radius 2 is 2.26 bits per heavy atom. The standard InChI is InChI=1S/C15H26N4/c1-4-16-11-14-6-7-17-15(10-14)19-9-5-8-18(3)12-13(19)2/h6-7,10,13,16H,4-5,8-9,11-12H2,1-3H3. The second kappa shape index (κ2) is 6.87. The number of hydrogen-bond donors (Lipinski definition) is 1. The summed E-state index contributed by atoms with van der Waals surface area (Å²) in [7, 11) is 2.20. The van der Waals surface area contributed by atoms with E-state index in [4.69, 9.17) is 0 Å². The maximum absolute atomic E-state index is 4.57. The molecule has 0 radical (unpaired) electrons. The highest BCUT2D eigenvalue weighted by molar-refractivity contribution is 5.42. The van der Waals surface area contributed by atoms with Crippen molar-refractivity contribution in [3.8, 4) is 0 Å². The van der Waals surface area contributed by atoms with Gasteiger partial charge in [0, 0.05) is 31.9 Å². The third-order valence-electron chi connectivity index (χ3n) is 3.73. The Bertz CT molecular complexity index is 393. The van der Waals surface area contributed by atoms with Gasteiger partial charge in [-0.05, 0) is 51.2 Å². The Hall–Kier alpha value is -1.13. The summed E-state index contributed by atoms with van der Waals surface area (Å²) in [6.45, 7) is 9.74. The van der Waals surface area contributed by atoms with E-state index in [1.54, 1.807) is 0 Å². The average molecular weight is 262 g/mol. The summed E-state index contributed by atoms with van der Waals surface area (Å²) >= 11 is 0. The lowest BCUT2D eigenvalue weighted by molar-refractivity contribution is 0.337. The van der Waals surface area contributed by atoms with Crippen LogP contribution in [0.25, 0.3) is 0 Å². The molecule has 19 heavy (non-hydrogen) atoms. The Labute approximate surface area is 116 Å². The van der Waals surface area contributed by atoms with Crippen molar-refractivity contribution in [2.24, 2.45) is 0 Å². The van der Waals surface area contributed by atoms with E-state index in [9.17, 15) is 0 Å². The first-order valence-corrected chi connectivity index (χ1v) is 7.31. The number of aromatic nitrogens is 1. The maximum atomic E-state index is 4.57. The van der Waals surface area contributed by atoms with Crippen molar-refractivity contribution in [2.75, 3.05) is 38.1 Å². The van der Waals surface area contributed by atoms with Crippen LogP contribution in [0, 0.1) is 0 Å². The Balaban J connectivity index is 2.11. The molecule has 1 aliphatic heterocycles. The second-order valence-corrected chi connectivity index (χ2v) is 5.46. The number of nitrogens with zero attached hydrogens (tertiary/aromatic N) is 3. The topological polar surface area (TPSA) is 31.4 Å². The van der Waals surface area contributed by atoms with E-state index in [-0.39, 0.29) is 0 Å². The van der Waals surface area contributed by atoms with Crippen LogP contribution in [0.4, 0.5) is 5.82 Å². The van der Waals surface area contributed by atoms with Crippen LogP contribution in [-0.4, -0.2) is 49.2 Å². The highest BCUT2D eigenvalue weighted by Crippen LogP contribution is 2.18. The normalized spacial score (nSPS) is 21.4. The van der Waals surface area contributed by atoms with Crippen LogP contribution < -0.4 is 10.2 Å². The molecule has 4 nitrogen and oxygen atoms in total. The Kier molecular flexibility index (Phi) is 5.16. The molecule has 0 bridgehead atoms. The molecule has 2 heterocycles. The zero-order valence-corrected chi connectivity index (χ0v) is 12.4. The quantitative estimate of drug-likeness (QED) is 0.895. The molecule has 1 saturated heterocycles. The maximum Gasteiger partial charge on any atom is 0.129 e. The number of nitrogens with one attached hydrogen (secondary N) is 1. The van der Waals surface area contributed by atoms with Crippen LogP contribution >= 0.6 is 0 Å².